The van der Waals surface area contributed by atoms with Crippen LogP contribution in [0.1, 0.15) is 18.9 Å². The first-order valence-electron chi connectivity index (χ1n) is 7.47. The van der Waals surface area contributed by atoms with E-state index in [4.69, 9.17) is 9.47 Å². The average Bonchev–Trinajstić information content (AvgIpc) is 3.01. The molecule has 0 aliphatic carbocycles. The number of hydrogen-bond donors (Lipinski definition) is 1. The van der Waals surface area contributed by atoms with E-state index in [0.717, 1.165) is 50.5 Å². The van der Waals surface area contributed by atoms with Crippen LogP contribution < -0.4 is 14.8 Å². The molecule has 1 aromatic carbocycles. The maximum Gasteiger partial charge on any atom is 0.231 e. The summed E-state index contributed by atoms with van der Waals surface area (Å²) in [6.45, 7) is 6.14. The van der Waals surface area contributed by atoms with Crippen LogP contribution in [-0.2, 0) is 6.42 Å². The van der Waals surface area contributed by atoms with Crippen LogP contribution in [0.4, 0.5) is 0 Å². The van der Waals surface area contributed by atoms with Crippen molar-refractivity contribution >= 4 is 0 Å². The molecule has 1 saturated heterocycles. The Morgan fingerprint density at radius 2 is 2.05 bits per heavy atom. The molecule has 1 N–H and O–H groups in total. The first-order valence-corrected chi connectivity index (χ1v) is 7.47. The Labute approximate surface area is 125 Å². The lowest BCUT2D eigenvalue weighted by molar-refractivity contribution is 0.125. The Bertz CT molecular complexity index is 549. The highest BCUT2D eigenvalue weighted by atomic mass is 16.7. The van der Waals surface area contributed by atoms with Gasteiger partial charge in [-0.25, -0.2) is 0 Å². The van der Waals surface area contributed by atoms with Gasteiger partial charge in [-0.3, -0.25) is 4.90 Å². The predicted molar refractivity (Wildman–Crippen MR) is 79.3 cm³/mol. The summed E-state index contributed by atoms with van der Waals surface area (Å²) in [4.78, 5) is 2.29. The van der Waals surface area contributed by atoms with Crippen molar-refractivity contribution in [1.29, 1.82) is 5.26 Å². The molecule has 112 valence electrons. The maximum atomic E-state index is 9.61. The molecule has 0 bridgehead atoms. The van der Waals surface area contributed by atoms with Crippen molar-refractivity contribution < 1.29 is 9.47 Å². The molecule has 2 heterocycles. The van der Waals surface area contributed by atoms with Gasteiger partial charge >= 0.3 is 0 Å². The zero-order valence-corrected chi connectivity index (χ0v) is 12.4. The summed E-state index contributed by atoms with van der Waals surface area (Å²) in [7, 11) is 0. The maximum absolute atomic E-state index is 9.61. The number of benzene rings is 1. The zero-order valence-electron chi connectivity index (χ0n) is 12.4. The van der Waals surface area contributed by atoms with Gasteiger partial charge in [-0.2, -0.15) is 5.26 Å². The quantitative estimate of drug-likeness (QED) is 0.910. The van der Waals surface area contributed by atoms with Crippen molar-refractivity contribution in [2.24, 2.45) is 0 Å². The number of nitrogens with one attached hydrogen (secondary N) is 1. The summed E-state index contributed by atoms with van der Waals surface area (Å²) >= 11 is 0. The molecule has 1 aromatic rings. The van der Waals surface area contributed by atoms with Crippen LogP contribution >= 0.6 is 0 Å². The number of aryl methyl sites for hydroxylation is 1. The van der Waals surface area contributed by atoms with Gasteiger partial charge in [0.1, 0.15) is 5.54 Å². The van der Waals surface area contributed by atoms with Crippen LogP contribution in [0.2, 0.25) is 0 Å². The molecule has 21 heavy (non-hydrogen) atoms. The van der Waals surface area contributed by atoms with E-state index in [9.17, 15) is 5.26 Å². The number of piperazine rings is 1. The molecule has 0 amide bonds. The highest BCUT2D eigenvalue weighted by Gasteiger charge is 2.32. The van der Waals surface area contributed by atoms with Gasteiger partial charge in [0, 0.05) is 26.2 Å². The van der Waals surface area contributed by atoms with Crippen molar-refractivity contribution in [3.63, 3.8) is 0 Å². The normalized spacial score (nSPS) is 20.8. The molecule has 5 heteroatoms. The third-order valence-electron chi connectivity index (χ3n) is 4.39. The van der Waals surface area contributed by atoms with Gasteiger partial charge in [0.2, 0.25) is 6.79 Å². The number of nitriles is 1. The highest BCUT2D eigenvalue weighted by molar-refractivity contribution is 5.44. The van der Waals surface area contributed by atoms with Gasteiger partial charge in [-0.15, -0.1) is 0 Å². The van der Waals surface area contributed by atoms with Gasteiger partial charge in [0.15, 0.2) is 11.5 Å². The van der Waals surface area contributed by atoms with Gasteiger partial charge in [-0.1, -0.05) is 6.07 Å². The lowest BCUT2D eigenvalue weighted by Gasteiger charge is -2.38. The van der Waals surface area contributed by atoms with Crippen molar-refractivity contribution in [2.45, 2.75) is 25.3 Å². The molecule has 0 saturated carbocycles. The van der Waals surface area contributed by atoms with Crippen LogP contribution in [0.15, 0.2) is 18.2 Å². The predicted octanol–water partition coefficient (Wildman–Crippen LogP) is 1.54. The topological polar surface area (TPSA) is 57.5 Å². The molecule has 1 fully saturated rings. The van der Waals surface area contributed by atoms with E-state index in [1.807, 2.05) is 19.1 Å². The molecular formula is C16H21N3O2. The molecule has 0 spiro atoms. The Morgan fingerprint density at radius 1 is 1.29 bits per heavy atom. The number of hydrogen-bond acceptors (Lipinski definition) is 5. The van der Waals surface area contributed by atoms with Crippen LogP contribution in [0.3, 0.4) is 0 Å². The molecule has 2 aliphatic rings. The first-order chi connectivity index (χ1) is 10.2. The second-order valence-electron chi connectivity index (χ2n) is 5.81. The lowest BCUT2D eigenvalue weighted by Crippen LogP contribution is -2.54. The summed E-state index contributed by atoms with van der Waals surface area (Å²) in [5.41, 5.74) is 0.786. The standard InChI is InChI=1S/C16H21N3O2/c1-16(11-17,19-8-6-18-7-9-19)5-4-13-2-3-14-15(10-13)21-12-20-14/h2-3,10,18H,4-9,12H2,1H3. The van der Waals surface area contributed by atoms with Crippen molar-refractivity contribution in [3.8, 4) is 17.6 Å². The Morgan fingerprint density at radius 3 is 2.81 bits per heavy atom. The number of ether oxygens (including phenoxy) is 2. The zero-order chi connectivity index (χ0) is 14.7. The SMILES string of the molecule is CC(C#N)(CCc1ccc2c(c1)OCO2)N1CCNCC1. The minimum absolute atomic E-state index is 0.301. The van der Waals surface area contributed by atoms with Crippen LogP contribution in [0, 0.1) is 11.3 Å². The summed E-state index contributed by atoms with van der Waals surface area (Å²) in [5.74, 6) is 1.62. The molecule has 1 unspecified atom stereocenters. The fourth-order valence-electron chi connectivity index (χ4n) is 2.93. The van der Waals surface area contributed by atoms with Gasteiger partial charge in [-0.05, 0) is 37.5 Å². The second kappa shape index (κ2) is 5.92. The Kier molecular flexibility index (Phi) is 4.00. The third-order valence-corrected chi connectivity index (χ3v) is 4.39. The molecular weight excluding hydrogens is 266 g/mol. The largest absolute Gasteiger partial charge is 0.454 e. The summed E-state index contributed by atoms with van der Waals surface area (Å²) in [6, 6.07) is 8.55. The minimum atomic E-state index is -0.404. The number of fused-ring (bicyclic) bond motifs is 1. The molecule has 0 aromatic heterocycles. The summed E-state index contributed by atoms with van der Waals surface area (Å²) in [5, 5.41) is 12.9. The average molecular weight is 287 g/mol. The van der Waals surface area contributed by atoms with Crippen molar-refractivity contribution in [2.75, 3.05) is 33.0 Å². The van der Waals surface area contributed by atoms with Gasteiger partial charge in [0.05, 0.1) is 6.07 Å². The van der Waals surface area contributed by atoms with E-state index in [1.54, 1.807) is 0 Å². The summed E-state index contributed by atoms with van der Waals surface area (Å²) in [6.07, 6.45) is 1.69. The Balaban J connectivity index is 1.66. The summed E-state index contributed by atoms with van der Waals surface area (Å²) < 4.78 is 10.7. The molecule has 1 atom stereocenters. The van der Waals surface area contributed by atoms with Crippen LogP contribution in [0.5, 0.6) is 11.5 Å². The minimum Gasteiger partial charge on any atom is -0.454 e. The van der Waals surface area contributed by atoms with E-state index in [2.05, 4.69) is 22.4 Å². The van der Waals surface area contributed by atoms with E-state index in [0.29, 0.717) is 6.79 Å². The smallest absolute Gasteiger partial charge is 0.231 e. The van der Waals surface area contributed by atoms with Crippen LogP contribution in [-0.4, -0.2) is 43.4 Å². The van der Waals surface area contributed by atoms with Crippen LogP contribution in [0.25, 0.3) is 0 Å². The fourth-order valence-corrected chi connectivity index (χ4v) is 2.93. The number of rotatable bonds is 4. The van der Waals surface area contributed by atoms with Gasteiger partial charge in [0.25, 0.3) is 0 Å². The van der Waals surface area contributed by atoms with E-state index < -0.39 is 5.54 Å². The van der Waals surface area contributed by atoms with Crippen molar-refractivity contribution in [3.05, 3.63) is 23.8 Å². The van der Waals surface area contributed by atoms with Crippen molar-refractivity contribution in [1.82, 2.24) is 10.2 Å². The highest BCUT2D eigenvalue weighted by Crippen LogP contribution is 2.33. The third kappa shape index (κ3) is 2.97. The number of nitrogens with zero attached hydrogens (tertiary/aromatic N) is 2. The van der Waals surface area contributed by atoms with E-state index in [1.165, 1.54) is 5.56 Å². The second-order valence-corrected chi connectivity index (χ2v) is 5.81. The Hall–Kier alpha value is -1.77. The fraction of sp³-hybridized carbons (Fsp3) is 0.562. The van der Waals surface area contributed by atoms with E-state index in [-0.39, 0.29) is 0 Å². The first kappa shape index (κ1) is 14.2. The molecule has 2 aliphatic heterocycles. The monoisotopic (exact) mass is 287 g/mol. The molecule has 5 nitrogen and oxygen atoms in total. The van der Waals surface area contributed by atoms with Gasteiger partial charge < -0.3 is 14.8 Å². The molecule has 3 rings (SSSR count). The van der Waals surface area contributed by atoms with E-state index >= 15 is 0 Å². The molecule has 0 radical (unpaired) electrons. The lowest BCUT2D eigenvalue weighted by atomic mass is 9.92.